The molecule has 0 aromatic heterocycles. The number of benzene rings is 2. The predicted octanol–water partition coefficient (Wildman–Crippen LogP) is 2.87. The van der Waals surface area contributed by atoms with Gasteiger partial charge < -0.3 is 4.74 Å². The molecule has 1 aliphatic rings. The molecule has 64 valence electrons. The molecule has 0 saturated carbocycles. The number of fused-ring (bicyclic) bond motifs is 3. The normalized spacial score (nSPS) is 14.8. The van der Waals surface area contributed by atoms with E-state index in [4.69, 9.17) is 4.74 Å². The molecule has 0 radical (unpaired) electrons. The highest BCUT2D eigenvalue weighted by molar-refractivity contribution is 5.86. The third-order valence-electron chi connectivity index (χ3n) is 2.64. The smallest absolute Gasteiger partial charge is 0.0731 e. The maximum Gasteiger partial charge on any atom is 0.0731 e. The van der Waals surface area contributed by atoms with Gasteiger partial charge in [-0.15, -0.1) is 0 Å². The Morgan fingerprint density at radius 1 is 0.923 bits per heavy atom. The van der Waals surface area contributed by atoms with E-state index < -0.39 is 0 Å². The van der Waals surface area contributed by atoms with Gasteiger partial charge in [-0.2, -0.15) is 0 Å². The highest BCUT2D eigenvalue weighted by Gasteiger charge is 2.12. The van der Waals surface area contributed by atoms with E-state index in [0.717, 1.165) is 13.2 Å². The van der Waals surface area contributed by atoms with Crippen LogP contribution in [-0.4, -0.2) is 0 Å². The molecule has 0 saturated heterocycles. The summed E-state index contributed by atoms with van der Waals surface area (Å²) in [5.74, 6) is 0. The molecule has 1 heterocycles. The average Bonchev–Trinajstić information content (AvgIpc) is 2.65. The summed E-state index contributed by atoms with van der Waals surface area (Å²) in [6.45, 7) is 1.55. The fourth-order valence-electron chi connectivity index (χ4n) is 1.95. The first-order valence-electron chi connectivity index (χ1n) is 4.52. The zero-order chi connectivity index (χ0) is 8.67. The lowest BCUT2D eigenvalue weighted by molar-refractivity contribution is 0.135. The van der Waals surface area contributed by atoms with Gasteiger partial charge in [0.05, 0.1) is 13.2 Å². The first-order valence-corrected chi connectivity index (χ1v) is 4.52. The van der Waals surface area contributed by atoms with Crippen LogP contribution in [0.25, 0.3) is 10.8 Å². The van der Waals surface area contributed by atoms with Gasteiger partial charge in [0, 0.05) is 0 Å². The molecule has 0 fully saturated rings. The van der Waals surface area contributed by atoms with E-state index in [-0.39, 0.29) is 0 Å². The minimum Gasteiger partial charge on any atom is -0.372 e. The van der Waals surface area contributed by atoms with Crippen molar-refractivity contribution < 1.29 is 4.74 Å². The van der Waals surface area contributed by atoms with Gasteiger partial charge in [-0.05, 0) is 21.9 Å². The molecule has 0 bridgehead atoms. The summed E-state index contributed by atoms with van der Waals surface area (Å²) >= 11 is 0. The second kappa shape index (κ2) is 2.57. The van der Waals surface area contributed by atoms with E-state index in [1.807, 2.05) is 0 Å². The highest BCUT2D eigenvalue weighted by Crippen LogP contribution is 2.27. The van der Waals surface area contributed by atoms with Crippen molar-refractivity contribution in [1.29, 1.82) is 0 Å². The van der Waals surface area contributed by atoms with Crippen molar-refractivity contribution in [3.63, 3.8) is 0 Å². The fourth-order valence-corrected chi connectivity index (χ4v) is 1.95. The van der Waals surface area contributed by atoms with Crippen LogP contribution in [0.2, 0.25) is 0 Å². The lowest BCUT2D eigenvalue weighted by Gasteiger charge is -2.02. The minimum atomic E-state index is 0.774. The second-order valence-corrected chi connectivity index (χ2v) is 3.42. The van der Waals surface area contributed by atoms with Gasteiger partial charge in [0.25, 0.3) is 0 Å². The number of ether oxygens (including phenoxy) is 1. The van der Waals surface area contributed by atoms with Crippen LogP contribution >= 0.6 is 0 Å². The fraction of sp³-hybridized carbons (Fsp3) is 0.167. The van der Waals surface area contributed by atoms with Crippen LogP contribution in [0.4, 0.5) is 0 Å². The first kappa shape index (κ1) is 7.10. The van der Waals surface area contributed by atoms with E-state index >= 15 is 0 Å². The molecule has 2 aromatic rings. The molecule has 3 rings (SSSR count). The molecule has 0 unspecified atom stereocenters. The Bertz CT molecular complexity index is 460. The zero-order valence-electron chi connectivity index (χ0n) is 7.29. The third-order valence-corrected chi connectivity index (χ3v) is 2.64. The highest BCUT2D eigenvalue weighted by atomic mass is 16.5. The Morgan fingerprint density at radius 2 is 1.85 bits per heavy atom. The number of hydrogen-bond donors (Lipinski definition) is 0. The van der Waals surface area contributed by atoms with Crippen molar-refractivity contribution in [3.8, 4) is 0 Å². The second-order valence-electron chi connectivity index (χ2n) is 3.42. The molecule has 0 aliphatic carbocycles. The quantitative estimate of drug-likeness (QED) is 0.590. The van der Waals surface area contributed by atoms with Crippen LogP contribution in [0.3, 0.4) is 0 Å². The Hall–Kier alpha value is -1.34. The van der Waals surface area contributed by atoms with Gasteiger partial charge in [-0.25, -0.2) is 0 Å². The molecular weight excluding hydrogens is 160 g/mol. The van der Waals surface area contributed by atoms with Gasteiger partial charge in [-0.1, -0.05) is 36.4 Å². The van der Waals surface area contributed by atoms with Gasteiger partial charge in [0.2, 0.25) is 0 Å². The van der Waals surface area contributed by atoms with Gasteiger partial charge in [-0.3, -0.25) is 0 Å². The summed E-state index contributed by atoms with van der Waals surface area (Å²) in [5.41, 5.74) is 2.72. The molecule has 1 heteroatoms. The molecule has 0 spiro atoms. The number of hydrogen-bond acceptors (Lipinski definition) is 1. The van der Waals surface area contributed by atoms with Gasteiger partial charge in [0.15, 0.2) is 0 Å². The monoisotopic (exact) mass is 170 g/mol. The van der Waals surface area contributed by atoms with Crippen LogP contribution in [-0.2, 0) is 18.0 Å². The van der Waals surface area contributed by atoms with E-state index in [1.54, 1.807) is 0 Å². The summed E-state index contributed by atoms with van der Waals surface area (Å²) in [4.78, 5) is 0. The molecule has 1 aliphatic heterocycles. The molecule has 0 amide bonds. The Kier molecular flexibility index (Phi) is 1.41. The lowest BCUT2D eigenvalue weighted by atomic mass is 10.0. The summed E-state index contributed by atoms with van der Waals surface area (Å²) in [6, 6.07) is 12.8. The van der Waals surface area contributed by atoms with Crippen LogP contribution < -0.4 is 0 Å². The average molecular weight is 170 g/mol. The maximum absolute atomic E-state index is 5.42. The Balaban J connectivity index is 2.43. The topological polar surface area (TPSA) is 9.23 Å². The van der Waals surface area contributed by atoms with Crippen molar-refractivity contribution in [2.24, 2.45) is 0 Å². The summed E-state index contributed by atoms with van der Waals surface area (Å²) < 4.78 is 5.42. The van der Waals surface area contributed by atoms with Crippen molar-refractivity contribution in [3.05, 3.63) is 47.5 Å². The van der Waals surface area contributed by atoms with E-state index in [0.29, 0.717) is 0 Å². The standard InChI is InChI=1S/C12H10O/c1-2-4-11-9(3-1)5-6-10-7-13-8-12(10)11/h1-6H,7-8H2. The predicted molar refractivity (Wildman–Crippen MR) is 52.4 cm³/mol. The molecule has 13 heavy (non-hydrogen) atoms. The van der Waals surface area contributed by atoms with Crippen molar-refractivity contribution in [1.82, 2.24) is 0 Å². The van der Waals surface area contributed by atoms with Crippen molar-refractivity contribution >= 4 is 10.8 Å². The Labute approximate surface area is 77.0 Å². The maximum atomic E-state index is 5.42. The van der Waals surface area contributed by atoms with Crippen molar-refractivity contribution in [2.45, 2.75) is 13.2 Å². The summed E-state index contributed by atoms with van der Waals surface area (Å²) in [5, 5.41) is 2.66. The van der Waals surface area contributed by atoms with E-state index in [1.165, 1.54) is 21.9 Å². The summed E-state index contributed by atoms with van der Waals surface area (Å²) in [6.07, 6.45) is 0. The van der Waals surface area contributed by atoms with Crippen LogP contribution in [0.15, 0.2) is 36.4 Å². The SMILES string of the molecule is c1ccc2c3c(ccc2c1)COC3. The van der Waals surface area contributed by atoms with Crippen LogP contribution in [0.1, 0.15) is 11.1 Å². The van der Waals surface area contributed by atoms with Crippen molar-refractivity contribution in [2.75, 3.05) is 0 Å². The van der Waals surface area contributed by atoms with E-state index in [2.05, 4.69) is 36.4 Å². The Morgan fingerprint density at radius 3 is 2.85 bits per heavy atom. The molecule has 0 N–H and O–H groups in total. The minimum absolute atomic E-state index is 0.774. The molecule has 1 nitrogen and oxygen atoms in total. The zero-order valence-corrected chi connectivity index (χ0v) is 7.29. The van der Waals surface area contributed by atoms with E-state index in [9.17, 15) is 0 Å². The summed E-state index contributed by atoms with van der Waals surface area (Å²) in [7, 11) is 0. The van der Waals surface area contributed by atoms with Crippen LogP contribution in [0.5, 0.6) is 0 Å². The molecule has 0 atom stereocenters. The molecular formula is C12H10O. The largest absolute Gasteiger partial charge is 0.372 e. The van der Waals surface area contributed by atoms with Crippen LogP contribution in [0, 0.1) is 0 Å². The third kappa shape index (κ3) is 0.973. The number of rotatable bonds is 0. The molecule has 2 aromatic carbocycles. The van der Waals surface area contributed by atoms with Gasteiger partial charge in [0.1, 0.15) is 0 Å². The first-order chi connectivity index (χ1) is 6.45. The van der Waals surface area contributed by atoms with Gasteiger partial charge >= 0.3 is 0 Å². The lowest BCUT2D eigenvalue weighted by Crippen LogP contribution is -1.83.